The van der Waals surface area contributed by atoms with Crippen LogP contribution in [-0.2, 0) is 19.6 Å². The molecule has 1 aromatic rings. The first kappa shape index (κ1) is 16.2. The molecular formula is C11H13Cl2NO4S. The van der Waals surface area contributed by atoms with Gasteiger partial charge in [0.1, 0.15) is 6.04 Å². The molecule has 1 rings (SSSR count). The van der Waals surface area contributed by atoms with E-state index < -0.39 is 22.0 Å². The highest BCUT2D eigenvalue weighted by molar-refractivity contribution is 7.89. The Hall–Kier alpha value is -0.820. The van der Waals surface area contributed by atoms with Gasteiger partial charge in [0.2, 0.25) is 10.0 Å². The van der Waals surface area contributed by atoms with Gasteiger partial charge in [-0.3, -0.25) is 4.79 Å². The lowest BCUT2D eigenvalue weighted by Crippen LogP contribution is -2.39. The number of carbonyl (C=O) groups is 1. The summed E-state index contributed by atoms with van der Waals surface area (Å²) in [5.74, 6) is -0.647. The minimum atomic E-state index is -3.86. The van der Waals surface area contributed by atoms with Crippen LogP contribution in [0.4, 0.5) is 0 Å². The van der Waals surface area contributed by atoms with E-state index in [1.165, 1.54) is 25.1 Å². The van der Waals surface area contributed by atoms with Crippen molar-refractivity contribution in [2.75, 3.05) is 6.61 Å². The van der Waals surface area contributed by atoms with Crippen molar-refractivity contribution in [3.8, 4) is 0 Å². The summed E-state index contributed by atoms with van der Waals surface area (Å²) in [5.41, 5.74) is 0. The van der Waals surface area contributed by atoms with Crippen molar-refractivity contribution in [3.63, 3.8) is 0 Å². The zero-order chi connectivity index (χ0) is 14.6. The van der Waals surface area contributed by atoms with Crippen LogP contribution in [0.15, 0.2) is 23.1 Å². The second-order valence-electron chi connectivity index (χ2n) is 3.67. The monoisotopic (exact) mass is 325 g/mol. The Labute approximate surface area is 121 Å². The van der Waals surface area contributed by atoms with E-state index in [2.05, 4.69) is 4.72 Å². The van der Waals surface area contributed by atoms with Crippen LogP contribution < -0.4 is 4.72 Å². The van der Waals surface area contributed by atoms with Crippen LogP contribution in [0.2, 0.25) is 10.0 Å². The molecule has 0 unspecified atom stereocenters. The fourth-order valence-corrected chi connectivity index (χ4v) is 2.84. The van der Waals surface area contributed by atoms with Gasteiger partial charge >= 0.3 is 5.97 Å². The Balaban J connectivity index is 2.92. The van der Waals surface area contributed by atoms with Gasteiger partial charge in [0.05, 0.1) is 21.5 Å². The largest absolute Gasteiger partial charge is 0.465 e. The summed E-state index contributed by atoms with van der Waals surface area (Å²) in [4.78, 5) is 11.3. The topological polar surface area (TPSA) is 72.5 Å². The summed E-state index contributed by atoms with van der Waals surface area (Å²) in [6.07, 6.45) is 0. The Morgan fingerprint density at radius 3 is 2.53 bits per heavy atom. The van der Waals surface area contributed by atoms with Crippen LogP contribution in [0.3, 0.4) is 0 Å². The Morgan fingerprint density at radius 1 is 1.37 bits per heavy atom. The maximum atomic E-state index is 12.0. The van der Waals surface area contributed by atoms with Gasteiger partial charge in [0, 0.05) is 0 Å². The average Bonchev–Trinajstić information content (AvgIpc) is 2.32. The molecule has 106 valence electrons. The number of halogens is 2. The van der Waals surface area contributed by atoms with Gasteiger partial charge in [0.25, 0.3) is 0 Å². The molecule has 5 nitrogen and oxygen atoms in total. The second-order valence-corrected chi connectivity index (χ2v) is 6.20. The lowest BCUT2D eigenvalue weighted by Gasteiger charge is -2.13. The molecule has 0 amide bonds. The first-order valence-corrected chi connectivity index (χ1v) is 7.66. The second kappa shape index (κ2) is 6.56. The molecule has 0 heterocycles. The summed E-state index contributed by atoms with van der Waals surface area (Å²) in [6.45, 7) is 3.21. The summed E-state index contributed by atoms with van der Waals surface area (Å²) in [7, 11) is -3.86. The van der Waals surface area contributed by atoms with Crippen LogP contribution in [0, 0.1) is 0 Å². The van der Waals surface area contributed by atoms with Crippen molar-refractivity contribution in [3.05, 3.63) is 28.2 Å². The van der Waals surface area contributed by atoms with Crippen molar-refractivity contribution in [2.24, 2.45) is 0 Å². The SMILES string of the molecule is CCOC(=O)[C@@H](C)NS(=O)(=O)c1ccc(Cl)c(Cl)c1. The fraction of sp³-hybridized carbons (Fsp3) is 0.364. The van der Waals surface area contributed by atoms with E-state index in [-0.39, 0.29) is 21.5 Å². The first-order chi connectivity index (χ1) is 8.77. The lowest BCUT2D eigenvalue weighted by atomic mass is 10.4. The van der Waals surface area contributed by atoms with E-state index >= 15 is 0 Å². The van der Waals surface area contributed by atoms with Crippen LogP contribution in [0.5, 0.6) is 0 Å². The normalized spacial score (nSPS) is 13.1. The number of sulfonamides is 1. The highest BCUT2D eigenvalue weighted by Gasteiger charge is 2.23. The van der Waals surface area contributed by atoms with Crippen LogP contribution in [-0.4, -0.2) is 27.0 Å². The van der Waals surface area contributed by atoms with Crippen molar-refractivity contribution in [1.29, 1.82) is 0 Å². The number of hydrogen-bond acceptors (Lipinski definition) is 4. The minimum absolute atomic E-state index is 0.0713. The van der Waals surface area contributed by atoms with E-state index in [0.717, 1.165) is 0 Å². The molecule has 0 aliphatic carbocycles. The van der Waals surface area contributed by atoms with Crippen molar-refractivity contribution >= 4 is 39.2 Å². The third-order valence-corrected chi connectivity index (χ3v) is 4.45. The molecule has 0 aromatic heterocycles. The Morgan fingerprint density at radius 2 is 2.00 bits per heavy atom. The number of ether oxygens (including phenoxy) is 1. The fourth-order valence-electron chi connectivity index (χ4n) is 1.26. The molecule has 0 saturated heterocycles. The van der Waals surface area contributed by atoms with E-state index in [9.17, 15) is 13.2 Å². The van der Waals surface area contributed by atoms with Crippen LogP contribution >= 0.6 is 23.2 Å². The molecule has 0 aliphatic heterocycles. The molecule has 1 N–H and O–H groups in total. The minimum Gasteiger partial charge on any atom is -0.465 e. The summed E-state index contributed by atoms with van der Waals surface area (Å²) >= 11 is 11.5. The predicted octanol–water partition coefficient (Wildman–Crippen LogP) is 2.22. The number of nitrogens with one attached hydrogen (secondary N) is 1. The molecule has 19 heavy (non-hydrogen) atoms. The van der Waals surface area contributed by atoms with Gasteiger partial charge in [-0.2, -0.15) is 4.72 Å². The van der Waals surface area contributed by atoms with Gasteiger partial charge in [-0.25, -0.2) is 8.42 Å². The molecule has 0 spiro atoms. The van der Waals surface area contributed by atoms with Gasteiger partial charge in [-0.1, -0.05) is 23.2 Å². The van der Waals surface area contributed by atoms with E-state index in [1.807, 2.05) is 0 Å². The molecule has 0 radical (unpaired) electrons. The molecular weight excluding hydrogens is 313 g/mol. The van der Waals surface area contributed by atoms with Gasteiger partial charge in [-0.15, -0.1) is 0 Å². The molecule has 8 heteroatoms. The Bertz CT molecular complexity index is 574. The smallest absolute Gasteiger partial charge is 0.323 e. The van der Waals surface area contributed by atoms with Crippen LogP contribution in [0.1, 0.15) is 13.8 Å². The standard InChI is InChI=1S/C11H13Cl2NO4S/c1-3-18-11(15)7(2)14-19(16,17)8-4-5-9(12)10(13)6-8/h4-7,14H,3H2,1-2H3/t7-/m1/s1. The maximum Gasteiger partial charge on any atom is 0.323 e. The van der Waals surface area contributed by atoms with Crippen molar-refractivity contribution < 1.29 is 17.9 Å². The number of rotatable bonds is 5. The third kappa shape index (κ3) is 4.35. The number of esters is 1. The van der Waals surface area contributed by atoms with Crippen molar-refractivity contribution in [1.82, 2.24) is 4.72 Å². The highest BCUT2D eigenvalue weighted by Crippen LogP contribution is 2.24. The lowest BCUT2D eigenvalue weighted by molar-refractivity contribution is -0.144. The van der Waals surface area contributed by atoms with E-state index in [0.29, 0.717) is 0 Å². The zero-order valence-corrected chi connectivity index (χ0v) is 12.6. The molecule has 1 aromatic carbocycles. The van der Waals surface area contributed by atoms with Gasteiger partial charge in [-0.05, 0) is 32.0 Å². The van der Waals surface area contributed by atoms with E-state index in [4.69, 9.17) is 27.9 Å². The first-order valence-electron chi connectivity index (χ1n) is 5.42. The van der Waals surface area contributed by atoms with Crippen molar-refractivity contribution in [2.45, 2.75) is 24.8 Å². The number of benzene rings is 1. The summed E-state index contributed by atoms with van der Waals surface area (Å²) in [6, 6.07) is 2.89. The molecule has 1 atom stereocenters. The quantitative estimate of drug-likeness (QED) is 0.842. The van der Waals surface area contributed by atoms with Gasteiger partial charge < -0.3 is 4.74 Å². The molecule has 0 fully saturated rings. The summed E-state index contributed by atoms with van der Waals surface area (Å²) < 4.78 is 30.9. The molecule has 0 bridgehead atoms. The third-order valence-electron chi connectivity index (χ3n) is 2.17. The molecule has 0 aliphatic rings. The number of carbonyl (C=O) groups excluding carboxylic acids is 1. The number of hydrogen-bond donors (Lipinski definition) is 1. The predicted molar refractivity (Wildman–Crippen MR) is 72.9 cm³/mol. The Kier molecular flexibility index (Phi) is 5.61. The maximum absolute atomic E-state index is 12.0. The average molecular weight is 326 g/mol. The van der Waals surface area contributed by atoms with Crippen LogP contribution in [0.25, 0.3) is 0 Å². The highest BCUT2D eigenvalue weighted by atomic mass is 35.5. The molecule has 0 saturated carbocycles. The zero-order valence-electron chi connectivity index (χ0n) is 10.3. The summed E-state index contributed by atoms with van der Waals surface area (Å²) in [5, 5.41) is 0.368. The van der Waals surface area contributed by atoms with Gasteiger partial charge in [0.15, 0.2) is 0 Å². The van der Waals surface area contributed by atoms with E-state index in [1.54, 1.807) is 6.92 Å².